The van der Waals surface area contributed by atoms with Crippen molar-refractivity contribution in [1.29, 1.82) is 0 Å². The van der Waals surface area contributed by atoms with Gasteiger partial charge < -0.3 is 56.2 Å². The van der Waals surface area contributed by atoms with E-state index in [0.717, 1.165) is 22.3 Å². The first-order valence-electron chi connectivity index (χ1n) is 16.8. The highest BCUT2D eigenvalue weighted by atomic mass is 16.5. The number of ether oxygens (including phenoxy) is 1. The molecule has 9 N–H and O–H groups in total. The van der Waals surface area contributed by atoms with E-state index in [1.165, 1.54) is 6.20 Å². The number of fused-ring (bicyclic) bond motifs is 1. The monoisotopic (exact) mass is 715 g/mol. The first-order chi connectivity index (χ1) is 25.1. The third kappa shape index (κ3) is 8.47. The molecule has 52 heavy (non-hydrogen) atoms. The second-order valence-electron chi connectivity index (χ2n) is 12.9. The van der Waals surface area contributed by atoms with Gasteiger partial charge in [-0.15, -0.1) is 0 Å². The molecule has 0 saturated carbocycles. The Bertz CT molecular complexity index is 1810. The number of hydrogen-bond donors (Lipinski definition) is 9. The number of carbonyl (C=O) groups excluding carboxylic acids is 2. The summed E-state index contributed by atoms with van der Waals surface area (Å²) < 4.78 is 5.99. The van der Waals surface area contributed by atoms with Crippen LogP contribution in [-0.2, 0) is 13.1 Å². The summed E-state index contributed by atoms with van der Waals surface area (Å²) in [7, 11) is 0. The molecule has 0 radical (unpaired) electrons. The molecular weight excluding hydrogens is 670 g/mol. The van der Waals surface area contributed by atoms with E-state index < -0.39 is 56.6 Å². The SMILES string of the molecule is Cc1c(NC(=O)c2ccc(CNC(CO)(CO)CO)cn2)cccc1-c1ccc2c(c1)OCCN2C(=O)c1ccc(CNC(CO)(CO)CO)cc1. The van der Waals surface area contributed by atoms with E-state index in [1.807, 2.05) is 37.3 Å². The average molecular weight is 716 g/mol. The zero-order valence-electron chi connectivity index (χ0n) is 28.9. The van der Waals surface area contributed by atoms with E-state index in [2.05, 4.69) is 20.9 Å². The predicted octanol–water partition coefficient (Wildman–Crippen LogP) is 0.959. The largest absolute Gasteiger partial charge is 0.490 e. The van der Waals surface area contributed by atoms with Gasteiger partial charge in [-0.05, 0) is 71.1 Å². The van der Waals surface area contributed by atoms with Gasteiger partial charge in [0.05, 0.1) is 63.0 Å². The van der Waals surface area contributed by atoms with E-state index in [9.17, 15) is 40.2 Å². The molecule has 0 unspecified atom stereocenters. The number of carbonyl (C=O) groups is 2. The molecule has 0 atom stereocenters. The first kappa shape index (κ1) is 38.5. The van der Waals surface area contributed by atoms with Crippen molar-refractivity contribution in [3.05, 3.63) is 107 Å². The average Bonchev–Trinajstić information content (AvgIpc) is 3.20. The Kier molecular flexibility index (Phi) is 12.7. The van der Waals surface area contributed by atoms with Crippen LogP contribution in [0.3, 0.4) is 0 Å². The number of aliphatic hydroxyl groups excluding tert-OH is 6. The van der Waals surface area contributed by atoms with Gasteiger partial charge in [-0.3, -0.25) is 14.6 Å². The summed E-state index contributed by atoms with van der Waals surface area (Å²) in [6.07, 6.45) is 1.51. The van der Waals surface area contributed by atoms with E-state index in [-0.39, 0.29) is 24.7 Å². The Hall–Kier alpha value is -4.77. The Morgan fingerprint density at radius 1 is 0.788 bits per heavy atom. The number of pyridine rings is 1. The third-order valence-electron chi connectivity index (χ3n) is 9.37. The molecule has 14 heteroatoms. The van der Waals surface area contributed by atoms with Gasteiger partial charge in [0.15, 0.2) is 0 Å². The summed E-state index contributed by atoms with van der Waals surface area (Å²) in [5.74, 6) is -0.0521. The number of rotatable bonds is 16. The molecule has 2 heterocycles. The minimum atomic E-state index is -1.23. The molecule has 0 fully saturated rings. The van der Waals surface area contributed by atoms with Gasteiger partial charge in [0, 0.05) is 30.5 Å². The number of benzene rings is 3. The minimum Gasteiger partial charge on any atom is -0.490 e. The summed E-state index contributed by atoms with van der Waals surface area (Å²) in [6.45, 7) is 0.404. The highest BCUT2D eigenvalue weighted by Crippen LogP contribution is 2.38. The quantitative estimate of drug-likeness (QED) is 0.0793. The molecule has 4 aromatic rings. The Morgan fingerprint density at radius 2 is 1.40 bits per heavy atom. The summed E-state index contributed by atoms with van der Waals surface area (Å²) >= 11 is 0. The number of nitrogens with zero attached hydrogens (tertiary/aromatic N) is 2. The fourth-order valence-corrected chi connectivity index (χ4v) is 5.67. The van der Waals surface area contributed by atoms with E-state index >= 15 is 0 Å². The number of aliphatic hydroxyl groups is 6. The molecule has 276 valence electrons. The smallest absolute Gasteiger partial charge is 0.274 e. The van der Waals surface area contributed by atoms with Crippen molar-refractivity contribution in [2.24, 2.45) is 0 Å². The fraction of sp³-hybridized carbons (Fsp3) is 0.342. The topological polar surface area (TPSA) is 217 Å². The molecule has 0 bridgehead atoms. The summed E-state index contributed by atoms with van der Waals surface area (Å²) in [5, 5.41) is 66.0. The van der Waals surface area contributed by atoms with Gasteiger partial charge in [-0.2, -0.15) is 0 Å². The lowest BCUT2D eigenvalue weighted by molar-refractivity contribution is 0.0411. The van der Waals surface area contributed by atoms with E-state index in [0.29, 0.717) is 41.4 Å². The lowest BCUT2D eigenvalue weighted by Crippen LogP contribution is -2.54. The van der Waals surface area contributed by atoms with Crippen LogP contribution in [0.4, 0.5) is 11.4 Å². The Balaban J connectivity index is 1.26. The molecular formula is C38H45N5O9. The Morgan fingerprint density at radius 3 is 2.00 bits per heavy atom. The van der Waals surface area contributed by atoms with Crippen molar-refractivity contribution in [1.82, 2.24) is 15.6 Å². The minimum absolute atomic E-state index is 0.191. The molecule has 1 aliphatic rings. The van der Waals surface area contributed by atoms with Crippen molar-refractivity contribution < 1.29 is 45.0 Å². The van der Waals surface area contributed by atoms with Crippen molar-refractivity contribution >= 4 is 23.2 Å². The van der Waals surface area contributed by atoms with Gasteiger partial charge in [-0.1, -0.05) is 36.4 Å². The molecule has 0 aliphatic carbocycles. The van der Waals surface area contributed by atoms with Crippen molar-refractivity contribution in [2.45, 2.75) is 31.1 Å². The van der Waals surface area contributed by atoms with Gasteiger partial charge in [0.25, 0.3) is 11.8 Å². The summed E-state index contributed by atoms with van der Waals surface area (Å²) in [5.41, 5.74) is 3.48. The maximum Gasteiger partial charge on any atom is 0.274 e. The van der Waals surface area contributed by atoms with Crippen LogP contribution in [0.25, 0.3) is 11.1 Å². The van der Waals surface area contributed by atoms with Crippen LogP contribution < -0.4 is 25.6 Å². The highest BCUT2D eigenvalue weighted by molar-refractivity contribution is 6.07. The molecule has 1 aliphatic heterocycles. The summed E-state index contributed by atoms with van der Waals surface area (Å²) in [6, 6.07) is 21.4. The second-order valence-corrected chi connectivity index (χ2v) is 12.9. The van der Waals surface area contributed by atoms with E-state index in [1.54, 1.807) is 47.4 Å². The summed E-state index contributed by atoms with van der Waals surface area (Å²) in [4.78, 5) is 32.7. The Labute approximate surface area is 301 Å². The maximum absolute atomic E-state index is 13.6. The molecule has 5 rings (SSSR count). The fourth-order valence-electron chi connectivity index (χ4n) is 5.67. The molecule has 14 nitrogen and oxygen atoms in total. The number of hydrogen-bond acceptors (Lipinski definition) is 12. The lowest BCUT2D eigenvalue weighted by atomic mass is 9.98. The van der Waals surface area contributed by atoms with Gasteiger partial charge in [0.2, 0.25) is 0 Å². The highest BCUT2D eigenvalue weighted by Gasteiger charge is 2.29. The molecule has 0 spiro atoms. The normalized spacial score (nSPS) is 13.0. The van der Waals surface area contributed by atoms with Crippen LogP contribution in [-0.4, -0.2) is 111 Å². The van der Waals surface area contributed by atoms with Crippen molar-refractivity contribution in [3.8, 4) is 16.9 Å². The van der Waals surface area contributed by atoms with Crippen LogP contribution >= 0.6 is 0 Å². The number of nitrogens with one attached hydrogen (secondary N) is 3. The van der Waals surface area contributed by atoms with Crippen molar-refractivity contribution in [3.63, 3.8) is 0 Å². The number of anilines is 2. The maximum atomic E-state index is 13.6. The van der Waals surface area contributed by atoms with Gasteiger partial charge in [0.1, 0.15) is 18.1 Å². The van der Waals surface area contributed by atoms with Crippen LogP contribution in [0.15, 0.2) is 79.0 Å². The molecule has 1 aromatic heterocycles. The van der Waals surface area contributed by atoms with E-state index in [4.69, 9.17) is 4.74 Å². The standard InChI is InChI=1S/C38H45N5O9/c1-25-30(3-2-4-31(25)42-35(50)32-11-7-27(16-39-32)18-41-38(22-47,23-48)24-49)29-10-12-33-34(15-29)52-14-13-43(33)36(51)28-8-5-26(6-9-28)17-40-37(19-44,20-45)21-46/h2-12,15-16,40-41,44-49H,13-14,17-24H2,1H3,(H,42,50). The van der Waals surface area contributed by atoms with Crippen LogP contribution in [0.1, 0.15) is 37.5 Å². The zero-order chi connectivity index (χ0) is 37.3. The van der Waals surface area contributed by atoms with Crippen LogP contribution in [0.5, 0.6) is 5.75 Å². The van der Waals surface area contributed by atoms with Gasteiger partial charge >= 0.3 is 0 Å². The van der Waals surface area contributed by atoms with Gasteiger partial charge in [-0.25, -0.2) is 0 Å². The van der Waals surface area contributed by atoms with Crippen molar-refractivity contribution in [2.75, 3.05) is 63.0 Å². The lowest BCUT2D eigenvalue weighted by Gasteiger charge is -2.30. The molecule has 3 aromatic carbocycles. The van der Waals surface area contributed by atoms with Crippen LogP contribution in [0, 0.1) is 6.92 Å². The molecule has 2 amide bonds. The predicted molar refractivity (Wildman–Crippen MR) is 194 cm³/mol. The second kappa shape index (κ2) is 17.2. The van der Waals surface area contributed by atoms with Crippen LogP contribution in [0.2, 0.25) is 0 Å². The molecule has 0 saturated heterocycles. The number of aromatic nitrogens is 1. The zero-order valence-corrected chi connectivity index (χ0v) is 28.9. The third-order valence-corrected chi connectivity index (χ3v) is 9.37. The first-order valence-corrected chi connectivity index (χ1v) is 16.8. The number of amides is 2.